The minimum absolute atomic E-state index is 0.301. The van der Waals surface area contributed by atoms with Crippen molar-refractivity contribution < 1.29 is 20.1 Å². The van der Waals surface area contributed by atoms with Crippen molar-refractivity contribution in [2.75, 3.05) is 6.61 Å². The van der Waals surface area contributed by atoms with Crippen LogP contribution in [0.3, 0.4) is 0 Å². The van der Waals surface area contributed by atoms with Crippen LogP contribution in [0.1, 0.15) is 6.23 Å². The summed E-state index contributed by atoms with van der Waals surface area (Å²) < 4.78 is 6.87. The van der Waals surface area contributed by atoms with Gasteiger partial charge in [0.05, 0.1) is 12.9 Å². The van der Waals surface area contributed by atoms with E-state index < -0.39 is 24.5 Å². The highest BCUT2D eigenvalue weighted by Crippen LogP contribution is 2.31. The predicted octanol–water partition coefficient (Wildman–Crippen LogP) is -1.66. The maximum atomic E-state index is 9.96. The second-order valence-electron chi connectivity index (χ2n) is 4.23. The van der Waals surface area contributed by atoms with E-state index in [1.807, 2.05) is 0 Å². The number of hydrogen-bond acceptors (Lipinski definition) is 8. The molecule has 0 unspecified atom stereocenters. The summed E-state index contributed by atoms with van der Waals surface area (Å²) in [6.45, 7) is -0.386. The number of nitrogens with zero attached hydrogens (tertiary/aromatic N) is 4. The molecule has 2 aromatic heterocycles. The first-order valence-electron chi connectivity index (χ1n) is 5.60. The molecule has 1 aliphatic rings. The summed E-state index contributed by atoms with van der Waals surface area (Å²) >= 11 is 5.02. The number of aliphatic hydroxyl groups excluding tert-OH is 3. The van der Waals surface area contributed by atoms with Gasteiger partial charge in [0.25, 0.3) is 0 Å². The van der Waals surface area contributed by atoms with Crippen LogP contribution in [-0.4, -0.2) is 59.8 Å². The largest absolute Gasteiger partial charge is 0.758 e. The number of aromatic nitrogens is 4. The van der Waals surface area contributed by atoms with Crippen LogP contribution >= 0.6 is 0 Å². The second kappa shape index (κ2) is 4.62. The molecular weight excluding hydrogens is 272 g/mol. The number of rotatable bonds is 2. The van der Waals surface area contributed by atoms with E-state index in [2.05, 4.69) is 15.0 Å². The Balaban J connectivity index is 2.04. The van der Waals surface area contributed by atoms with Gasteiger partial charge in [-0.2, -0.15) is 0 Å². The molecule has 1 fully saturated rings. The molecule has 1 saturated heterocycles. The molecule has 0 bridgehead atoms. The fraction of sp³-hybridized carbons (Fsp3) is 0.500. The summed E-state index contributed by atoms with van der Waals surface area (Å²) in [5.41, 5.74) is 0.838. The highest BCUT2D eigenvalue weighted by molar-refractivity contribution is 7.58. The Morgan fingerprint density at radius 1 is 1.26 bits per heavy atom. The Kier molecular flexibility index (Phi) is 3.07. The third-order valence-electron chi connectivity index (χ3n) is 3.12. The van der Waals surface area contributed by atoms with Crippen molar-refractivity contribution >= 4 is 23.8 Å². The lowest BCUT2D eigenvalue weighted by atomic mass is 10.1. The molecule has 0 saturated carbocycles. The molecule has 3 heterocycles. The van der Waals surface area contributed by atoms with Crippen molar-refractivity contribution in [3.05, 3.63) is 12.7 Å². The zero-order valence-corrected chi connectivity index (χ0v) is 10.4. The molecule has 0 aliphatic carbocycles. The van der Waals surface area contributed by atoms with Crippen molar-refractivity contribution in [1.82, 2.24) is 19.5 Å². The molecule has 0 amide bonds. The Labute approximate surface area is 113 Å². The first kappa shape index (κ1) is 12.6. The lowest BCUT2D eigenvalue weighted by Gasteiger charge is -2.16. The van der Waals surface area contributed by atoms with Gasteiger partial charge in [-0.3, -0.25) is 9.55 Å². The van der Waals surface area contributed by atoms with Crippen LogP contribution in [0, 0.1) is 0 Å². The fourth-order valence-corrected chi connectivity index (χ4v) is 2.32. The average Bonchev–Trinajstić information content (AvgIpc) is 2.94. The zero-order valence-electron chi connectivity index (χ0n) is 9.62. The first-order chi connectivity index (χ1) is 9.13. The quantitative estimate of drug-likeness (QED) is 0.443. The molecule has 4 atom stereocenters. The van der Waals surface area contributed by atoms with E-state index in [1.165, 1.54) is 17.2 Å². The average molecular weight is 283 g/mol. The lowest BCUT2D eigenvalue weighted by Crippen LogP contribution is -2.33. The van der Waals surface area contributed by atoms with Crippen LogP contribution in [0.15, 0.2) is 17.7 Å². The molecule has 8 nitrogen and oxygen atoms in total. The van der Waals surface area contributed by atoms with E-state index in [0.29, 0.717) is 16.2 Å². The number of aliphatic hydroxyl groups is 3. The van der Waals surface area contributed by atoms with Gasteiger partial charge in [-0.25, -0.2) is 9.97 Å². The maximum absolute atomic E-state index is 9.96. The number of fused-ring (bicyclic) bond motifs is 1. The van der Waals surface area contributed by atoms with E-state index in [0.717, 1.165) is 0 Å². The van der Waals surface area contributed by atoms with Crippen LogP contribution < -0.4 is 0 Å². The molecule has 0 radical (unpaired) electrons. The minimum atomic E-state index is -1.18. The van der Waals surface area contributed by atoms with Gasteiger partial charge in [-0.05, 0) is 0 Å². The predicted molar refractivity (Wildman–Crippen MR) is 64.0 cm³/mol. The minimum Gasteiger partial charge on any atom is -0.758 e. The molecule has 3 N–H and O–H groups in total. The fourth-order valence-electron chi connectivity index (χ4n) is 2.13. The summed E-state index contributed by atoms with van der Waals surface area (Å²) in [7, 11) is 0. The van der Waals surface area contributed by atoms with Crippen molar-refractivity contribution in [3.63, 3.8) is 0 Å². The van der Waals surface area contributed by atoms with Crippen LogP contribution in [0.5, 0.6) is 0 Å². The van der Waals surface area contributed by atoms with Crippen LogP contribution in [0.2, 0.25) is 0 Å². The third-order valence-corrected chi connectivity index (χ3v) is 3.42. The van der Waals surface area contributed by atoms with Crippen molar-refractivity contribution in [3.8, 4) is 0 Å². The maximum Gasteiger partial charge on any atom is 0.165 e. The van der Waals surface area contributed by atoms with Gasteiger partial charge in [0.2, 0.25) is 0 Å². The van der Waals surface area contributed by atoms with Crippen LogP contribution in [0.25, 0.3) is 11.2 Å². The molecule has 102 valence electrons. The van der Waals surface area contributed by atoms with Crippen molar-refractivity contribution in [1.29, 1.82) is 0 Å². The number of ether oxygens (including phenoxy) is 1. The number of imidazole rings is 1. The lowest BCUT2D eigenvalue weighted by molar-refractivity contribution is -0.0511. The number of hydrogen-bond donors (Lipinski definition) is 3. The summed E-state index contributed by atoms with van der Waals surface area (Å²) in [5.74, 6) is 0. The van der Waals surface area contributed by atoms with Crippen molar-refractivity contribution in [2.45, 2.75) is 29.6 Å². The van der Waals surface area contributed by atoms with Gasteiger partial charge in [0, 0.05) is 0 Å². The summed E-state index contributed by atoms with van der Waals surface area (Å²) in [6.07, 6.45) is -1.36. The third kappa shape index (κ3) is 1.86. The van der Waals surface area contributed by atoms with Gasteiger partial charge in [0.1, 0.15) is 30.2 Å². The summed E-state index contributed by atoms with van der Waals surface area (Å²) in [6, 6.07) is 0. The topological polar surface area (TPSA) is 114 Å². The monoisotopic (exact) mass is 283 g/mol. The van der Waals surface area contributed by atoms with E-state index in [4.69, 9.17) is 22.5 Å². The van der Waals surface area contributed by atoms with Gasteiger partial charge < -0.3 is 32.7 Å². The standard InChI is InChI=1S/C10H12N4O4S/c15-1-4-6(16)7(17)10(18-4)14-3-13-5-8(14)11-2-12-9(5)19/h2-4,6-7,10,15-17H,1H2,(H,11,12,19)/p-1/t4-,6+,7+,10+/m0/s1. The Hall–Kier alpha value is -1.39. The van der Waals surface area contributed by atoms with E-state index in [-0.39, 0.29) is 6.61 Å². The van der Waals surface area contributed by atoms with Gasteiger partial charge in [0.15, 0.2) is 11.9 Å². The SMILES string of the molecule is OC[C@@H]1O[C@@H](n2cnc3c([S-])ncnc32)[C@H](O)[C@@H]1O. The molecule has 0 aromatic carbocycles. The summed E-state index contributed by atoms with van der Waals surface area (Å²) in [5, 5.41) is 29.1. The molecule has 19 heavy (non-hydrogen) atoms. The molecule has 2 aromatic rings. The van der Waals surface area contributed by atoms with Crippen LogP contribution in [-0.2, 0) is 17.4 Å². The van der Waals surface area contributed by atoms with E-state index >= 15 is 0 Å². The molecule has 9 heteroatoms. The Bertz CT molecular complexity index is 606. The smallest absolute Gasteiger partial charge is 0.165 e. The second-order valence-corrected chi connectivity index (χ2v) is 4.62. The molecule has 0 spiro atoms. The zero-order chi connectivity index (χ0) is 13.6. The highest BCUT2D eigenvalue weighted by atomic mass is 32.1. The van der Waals surface area contributed by atoms with E-state index in [9.17, 15) is 10.2 Å². The Morgan fingerprint density at radius 3 is 2.74 bits per heavy atom. The van der Waals surface area contributed by atoms with Gasteiger partial charge >= 0.3 is 0 Å². The first-order valence-corrected chi connectivity index (χ1v) is 6.01. The van der Waals surface area contributed by atoms with Crippen LogP contribution in [0.4, 0.5) is 0 Å². The molecular formula is C10H11N4O4S-. The Morgan fingerprint density at radius 2 is 2.05 bits per heavy atom. The highest BCUT2D eigenvalue weighted by Gasteiger charge is 2.43. The summed E-state index contributed by atoms with van der Waals surface area (Å²) in [4.78, 5) is 12.0. The normalized spacial score (nSPS) is 31.1. The van der Waals surface area contributed by atoms with Gasteiger partial charge in [-0.1, -0.05) is 5.03 Å². The molecule has 3 rings (SSSR count). The molecule has 1 aliphatic heterocycles. The van der Waals surface area contributed by atoms with Crippen molar-refractivity contribution in [2.24, 2.45) is 0 Å². The van der Waals surface area contributed by atoms with Gasteiger partial charge in [-0.15, -0.1) is 0 Å². The van der Waals surface area contributed by atoms with E-state index in [1.54, 1.807) is 0 Å².